The third-order valence-electron chi connectivity index (χ3n) is 4.86. The number of para-hydroxylation sites is 1. The van der Waals surface area contributed by atoms with E-state index in [2.05, 4.69) is 47.1 Å². The Hall–Kier alpha value is -2.28. The van der Waals surface area contributed by atoms with Crippen LogP contribution < -0.4 is 15.0 Å². The molecule has 0 unspecified atom stereocenters. The van der Waals surface area contributed by atoms with Crippen LogP contribution in [0.25, 0.3) is 11.0 Å². The lowest BCUT2D eigenvalue weighted by molar-refractivity contribution is 0.238. The summed E-state index contributed by atoms with van der Waals surface area (Å²) in [5.41, 5.74) is 2.65. The van der Waals surface area contributed by atoms with Crippen LogP contribution in [0, 0.1) is 5.92 Å². The molecular weight excluding hydrogens is 330 g/mol. The number of benzene rings is 1. The summed E-state index contributed by atoms with van der Waals surface area (Å²) in [6.45, 7) is 8.85. The summed E-state index contributed by atoms with van der Waals surface area (Å²) in [4.78, 5) is 22.0. The van der Waals surface area contributed by atoms with E-state index >= 15 is 0 Å². The number of hydrogen-bond acceptors (Lipinski definition) is 5. The second kappa shape index (κ2) is 7.95. The van der Waals surface area contributed by atoms with Crippen LogP contribution in [0.3, 0.4) is 0 Å². The minimum atomic E-state index is -0.194. The lowest BCUT2D eigenvalue weighted by Crippen LogP contribution is -2.44. The minimum Gasteiger partial charge on any atom is -0.468 e. The summed E-state index contributed by atoms with van der Waals surface area (Å²) in [6, 6.07) is 6.10. The van der Waals surface area contributed by atoms with E-state index in [4.69, 9.17) is 4.74 Å². The maximum absolute atomic E-state index is 12.7. The third kappa shape index (κ3) is 3.77. The highest BCUT2D eigenvalue weighted by Crippen LogP contribution is 2.30. The highest BCUT2D eigenvalue weighted by molar-refractivity contribution is 5.97. The van der Waals surface area contributed by atoms with Gasteiger partial charge in [-0.3, -0.25) is 0 Å². The number of methoxy groups -OCH3 is 1. The number of hydrogen-bond donors (Lipinski definition) is 1. The van der Waals surface area contributed by atoms with Gasteiger partial charge in [-0.2, -0.15) is 4.98 Å². The predicted molar refractivity (Wildman–Crippen MR) is 104 cm³/mol. The summed E-state index contributed by atoms with van der Waals surface area (Å²) >= 11 is 0. The van der Waals surface area contributed by atoms with Gasteiger partial charge in [0.05, 0.1) is 18.3 Å². The van der Waals surface area contributed by atoms with Gasteiger partial charge in [0, 0.05) is 32.7 Å². The maximum Gasteiger partial charge on any atom is 0.330 e. The third-order valence-corrected chi connectivity index (χ3v) is 4.86. The Labute approximate surface area is 154 Å². The largest absolute Gasteiger partial charge is 0.468 e. The standard InChI is InChI=1S/C19H29N5O2/c1-14(2)8-9-20-18(25)24-16-7-5-6-15(17(16)21-19(24)26-4)23-12-10-22(3)11-13-23/h5-7,14H,8-13H2,1-4H3,(H,20,25). The number of carbonyl (C=O) groups is 1. The van der Waals surface area contributed by atoms with Gasteiger partial charge < -0.3 is 19.9 Å². The lowest BCUT2D eigenvalue weighted by atomic mass is 10.1. The number of ether oxygens (including phenoxy) is 1. The quantitative estimate of drug-likeness (QED) is 0.888. The first kappa shape index (κ1) is 18.5. The molecule has 1 aliphatic rings. The van der Waals surface area contributed by atoms with Crippen LogP contribution in [0.2, 0.25) is 0 Å². The number of likely N-dealkylation sites (N-methyl/N-ethyl adjacent to an activating group) is 1. The van der Waals surface area contributed by atoms with Crippen LogP contribution in [-0.4, -0.2) is 67.4 Å². The van der Waals surface area contributed by atoms with Crippen molar-refractivity contribution in [3.63, 3.8) is 0 Å². The van der Waals surface area contributed by atoms with Gasteiger partial charge >= 0.3 is 12.0 Å². The molecule has 1 amide bonds. The molecule has 0 aliphatic carbocycles. The van der Waals surface area contributed by atoms with E-state index in [1.54, 1.807) is 7.11 Å². The maximum atomic E-state index is 12.7. The molecule has 7 nitrogen and oxygen atoms in total. The van der Waals surface area contributed by atoms with E-state index in [1.165, 1.54) is 4.57 Å². The topological polar surface area (TPSA) is 62.6 Å². The van der Waals surface area contributed by atoms with Crippen molar-refractivity contribution in [2.24, 2.45) is 5.92 Å². The fourth-order valence-corrected chi connectivity index (χ4v) is 3.25. The van der Waals surface area contributed by atoms with Crippen molar-refractivity contribution in [3.8, 4) is 6.01 Å². The molecule has 2 heterocycles. The van der Waals surface area contributed by atoms with Crippen LogP contribution in [-0.2, 0) is 0 Å². The number of aromatic nitrogens is 2. The highest BCUT2D eigenvalue weighted by atomic mass is 16.5. The number of rotatable bonds is 5. The normalized spacial score (nSPS) is 15.7. The molecule has 2 aromatic rings. The van der Waals surface area contributed by atoms with Gasteiger partial charge in [0.25, 0.3) is 0 Å². The molecule has 0 atom stereocenters. The molecule has 1 aromatic heterocycles. The Kier molecular flexibility index (Phi) is 5.66. The average Bonchev–Trinajstić information content (AvgIpc) is 3.00. The van der Waals surface area contributed by atoms with Crippen LogP contribution in [0.15, 0.2) is 18.2 Å². The molecule has 1 saturated heterocycles. The van der Waals surface area contributed by atoms with Gasteiger partial charge in [0.15, 0.2) is 0 Å². The van der Waals surface area contributed by atoms with Gasteiger partial charge in [0.2, 0.25) is 0 Å². The van der Waals surface area contributed by atoms with Crippen molar-refractivity contribution >= 4 is 22.8 Å². The van der Waals surface area contributed by atoms with Crippen molar-refractivity contribution < 1.29 is 9.53 Å². The number of piperazine rings is 1. The Bertz CT molecular complexity index is 763. The summed E-state index contributed by atoms with van der Waals surface area (Å²) < 4.78 is 6.94. The molecule has 1 N–H and O–H groups in total. The molecule has 0 radical (unpaired) electrons. The van der Waals surface area contributed by atoms with E-state index in [0.29, 0.717) is 18.5 Å². The molecule has 142 valence electrons. The number of nitrogens with zero attached hydrogens (tertiary/aromatic N) is 4. The Morgan fingerprint density at radius 1 is 1.27 bits per heavy atom. The zero-order valence-electron chi connectivity index (χ0n) is 16.2. The molecule has 3 rings (SSSR count). The Morgan fingerprint density at radius 3 is 2.65 bits per heavy atom. The first-order valence-electron chi connectivity index (χ1n) is 9.28. The van der Waals surface area contributed by atoms with Crippen LogP contribution in [0.1, 0.15) is 20.3 Å². The fraction of sp³-hybridized carbons (Fsp3) is 0.579. The van der Waals surface area contributed by atoms with Gasteiger partial charge in [-0.1, -0.05) is 19.9 Å². The average molecular weight is 359 g/mol. The van der Waals surface area contributed by atoms with E-state index < -0.39 is 0 Å². The zero-order valence-corrected chi connectivity index (χ0v) is 16.2. The van der Waals surface area contributed by atoms with Crippen molar-refractivity contribution in [2.75, 3.05) is 51.8 Å². The number of amides is 1. The summed E-state index contributed by atoms with van der Waals surface area (Å²) in [6.07, 6.45) is 0.938. The zero-order chi connectivity index (χ0) is 18.7. The number of imidazole rings is 1. The first-order valence-corrected chi connectivity index (χ1v) is 9.28. The Balaban J connectivity index is 1.92. The molecule has 1 aromatic carbocycles. The van der Waals surface area contributed by atoms with Crippen molar-refractivity contribution in [1.82, 2.24) is 19.8 Å². The van der Waals surface area contributed by atoms with Crippen molar-refractivity contribution in [2.45, 2.75) is 20.3 Å². The van der Waals surface area contributed by atoms with E-state index in [9.17, 15) is 4.79 Å². The lowest BCUT2D eigenvalue weighted by Gasteiger charge is -2.34. The molecule has 7 heteroatoms. The van der Waals surface area contributed by atoms with Crippen LogP contribution in [0.4, 0.5) is 10.5 Å². The highest BCUT2D eigenvalue weighted by Gasteiger charge is 2.23. The summed E-state index contributed by atoms with van der Waals surface area (Å²) in [5, 5.41) is 2.97. The first-order chi connectivity index (χ1) is 12.5. The second-order valence-electron chi connectivity index (χ2n) is 7.28. The van der Waals surface area contributed by atoms with Gasteiger partial charge in [-0.05, 0) is 31.5 Å². The number of nitrogens with one attached hydrogen (secondary N) is 1. The fourth-order valence-electron chi connectivity index (χ4n) is 3.25. The monoisotopic (exact) mass is 359 g/mol. The number of carbonyl (C=O) groups excluding carboxylic acids is 1. The van der Waals surface area contributed by atoms with Crippen molar-refractivity contribution in [3.05, 3.63) is 18.2 Å². The SMILES string of the molecule is COc1nc2c(N3CCN(C)CC3)cccc2n1C(=O)NCCC(C)C. The van der Waals surface area contributed by atoms with Gasteiger partial charge in [-0.15, -0.1) is 0 Å². The second-order valence-corrected chi connectivity index (χ2v) is 7.28. The minimum absolute atomic E-state index is 0.194. The number of anilines is 1. The van der Waals surface area contributed by atoms with E-state index in [0.717, 1.165) is 49.3 Å². The van der Waals surface area contributed by atoms with Gasteiger partial charge in [0.1, 0.15) is 5.52 Å². The van der Waals surface area contributed by atoms with Gasteiger partial charge in [-0.25, -0.2) is 9.36 Å². The Morgan fingerprint density at radius 2 is 2.00 bits per heavy atom. The molecular formula is C19H29N5O2. The molecule has 1 fully saturated rings. The molecule has 0 bridgehead atoms. The van der Waals surface area contributed by atoms with Crippen LogP contribution in [0.5, 0.6) is 6.01 Å². The number of fused-ring (bicyclic) bond motifs is 1. The summed E-state index contributed by atoms with van der Waals surface area (Å²) in [5.74, 6) is 0.542. The summed E-state index contributed by atoms with van der Waals surface area (Å²) in [7, 11) is 3.69. The molecule has 0 saturated carbocycles. The van der Waals surface area contributed by atoms with E-state index in [-0.39, 0.29) is 6.03 Å². The molecule has 0 spiro atoms. The van der Waals surface area contributed by atoms with E-state index in [1.807, 2.05) is 12.1 Å². The molecule has 26 heavy (non-hydrogen) atoms. The molecule has 1 aliphatic heterocycles. The van der Waals surface area contributed by atoms with Crippen molar-refractivity contribution in [1.29, 1.82) is 0 Å². The predicted octanol–water partition coefficient (Wildman–Crippen LogP) is 2.40. The smallest absolute Gasteiger partial charge is 0.330 e. The van der Waals surface area contributed by atoms with Crippen LogP contribution >= 0.6 is 0 Å².